The van der Waals surface area contributed by atoms with Gasteiger partial charge in [-0.05, 0) is 93.8 Å². The van der Waals surface area contributed by atoms with Crippen molar-refractivity contribution in [2.45, 2.75) is 58.5 Å². The summed E-state index contributed by atoms with van der Waals surface area (Å²) < 4.78 is 5.95. The van der Waals surface area contributed by atoms with Crippen molar-refractivity contribution in [2.24, 2.45) is 11.6 Å². The molecule has 1 saturated heterocycles. The monoisotopic (exact) mass is 585 g/mol. The molecule has 0 atom stereocenters. The molecule has 1 amide bonds. The van der Waals surface area contributed by atoms with Crippen molar-refractivity contribution in [2.75, 3.05) is 44.6 Å². The van der Waals surface area contributed by atoms with Gasteiger partial charge in [0.15, 0.2) is 0 Å². The minimum atomic E-state index is -0.252. The van der Waals surface area contributed by atoms with Gasteiger partial charge in [0.25, 0.3) is 5.91 Å². The van der Waals surface area contributed by atoms with Gasteiger partial charge in [-0.25, -0.2) is 5.84 Å². The Morgan fingerprint density at radius 2 is 1.88 bits per heavy atom. The number of hydrogen-bond donors (Lipinski definition) is 3. The van der Waals surface area contributed by atoms with Gasteiger partial charge in [-0.2, -0.15) is 0 Å². The molecule has 4 rings (SSSR count). The summed E-state index contributed by atoms with van der Waals surface area (Å²) in [5.41, 5.74) is 12.2. The minimum Gasteiger partial charge on any atom is -0.494 e. The number of ether oxygens (including phenoxy) is 1. The van der Waals surface area contributed by atoms with Crippen LogP contribution < -0.4 is 26.6 Å². The van der Waals surface area contributed by atoms with Crippen LogP contribution in [0.4, 0.5) is 11.4 Å². The maximum absolute atomic E-state index is 13.7. The molecule has 0 spiro atoms. The maximum atomic E-state index is 13.7. The van der Waals surface area contributed by atoms with Crippen molar-refractivity contribution in [1.82, 2.24) is 14.8 Å². The zero-order valence-corrected chi connectivity index (χ0v) is 26.6. The van der Waals surface area contributed by atoms with E-state index in [0.29, 0.717) is 34.4 Å². The third-order valence-corrected chi connectivity index (χ3v) is 8.24. The Bertz CT molecular complexity index is 1440. The fourth-order valence-corrected chi connectivity index (χ4v) is 5.46. The van der Waals surface area contributed by atoms with Crippen LogP contribution in [0.3, 0.4) is 0 Å². The van der Waals surface area contributed by atoms with E-state index >= 15 is 0 Å². The van der Waals surface area contributed by atoms with Gasteiger partial charge in [0, 0.05) is 47.9 Å². The summed E-state index contributed by atoms with van der Waals surface area (Å²) in [7, 11) is 6.02. The van der Waals surface area contributed by atoms with E-state index < -0.39 is 0 Å². The number of benzene rings is 2. The molecule has 0 aliphatic carbocycles. The quantitative estimate of drug-likeness (QED) is 0.235. The SMILES string of the molecule is COc1c(CN(C)C2CCN(C)CC2)cc(C(C)(C)C)cc1NC(=O)c1ccc(C)c(N(N)/C=C(\N)c2cccnc2)c1. The molecule has 5 N–H and O–H groups in total. The van der Waals surface area contributed by atoms with E-state index in [0.717, 1.165) is 54.7 Å². The van der Waals surface area contributed by atoms with Crippen LogP contribution in [0.1, 0.15) is 66.2 Å². The van der Waals surface area contributed by atoms with Crippen molar-refractivity contribution in [3.63, 3.8) is 0 Å². The lowest BCUT2D eigenvalue weighted by Gasteiger charge is -2.35. The lowest BCUT2D eigenvalue weighted by Crippen LogP contribution is -2.41. The van der Waals surface area contributed by atoms with Crippen LogP contribution in [0.5, 0.6) is 5.75 Å². The lowest BCUT2D eigenvalue weighted by molar-refractivity contribution is 0.102. The van der Waals surface area contributed by atoms with Gasteiger partial charge in [0.1, 0.15) is 5.75 Å². The Morgan fingerprint density at radius 3 is 2.51 bits per heavy atom. The number of aryl methyl sites for hydroxylation is 1. The van der Waals surface area contributed by atoms with Crippen molar-refractivity contribution in [1.29, 1.82) is 0 Å². The second-order valence-corrected chi connectivity index (χ2v) is 12.6. The molecule has 1 aliphatic rings. The molecule has 230 valence electrons. The molecule has 9 nitrogen and oxygen atoms in total. The summed E-state index contributed by atoms with van der Waals surface area (Å²) in [5.74, 6) is 6.83. The summed E-state index contributed by atoms with van der Waals surface area (Å²) in [6.45, 7) is 11.4. The number of aromatic nitrogens is 1. The zero-order chi connectivity index (χ0) is 31.3. The number of piperidine rings is 1. The summed E-state index contributed by atoms with van der Waals surface area (Å²) in [6.07, 6.45) is 7.26. The van der Waals surface area contributed by atoms with E-state index in [4.69, 9.17) is 16.3 Å². The highest BCUT2D eigenvalue weighted by Crippen LogP contribution is 2.37. The molecule has 0 bridgehead atoms. The largest absolute Gasteiger partial charge is 0.494 e. The number of amides is 1. The third-order valence-electron chi connectivity index (χ3n) is 8.24. The van der Waals surface area contributed by atoms with Crippen molar-refractivity contribution in [3.8, 4) is 5.75 Å². The summed E-state index contributed by atoms with van der Waals surface area (Å²) in [4.78, 5) is 22.6. The Labute approximate surface area is 256 Å². The highest BCUT2D eigenvalue weighted by Gasteiger charge is 2.25. The first-order valence-electron chi connectivity index (χ1n) is 14.8. The molecule has 1 aliphatic heterocycles. The summed E-state index contributed by atoms with van der Waals surface area (Å²) in [6, 6.07) is 13.9. The highest BCUT2D eigenvalue weighted by molar-refractivity contribution is 6.06. The summed E-state index contributed by atoms with van der Waals surface area (Å²) in [5, 5.41) is 4.58. The number of nitrogens with two attached hydrogens (primary N) is 2. The highest BCUT2D eigenvalue weighted by atomic mass is 16.5. The first kappa shape index (κ1) is 32.0. The van der Waals surface area contributed by atoms with E-state index in [1.54, 1.807) is 37.8 Å². The standard InChI is InChI=1S/C34H47N7O2/c1-23-10-11-24(18-31(23)41(36)22-29(35)25-9-8-14-37-20-25)33(42)38-30-19-27(34(2,3)4)17-26(32(30)43-7)21-40(6)28-12-15-39(5)16-13-28/h8-11,14,17-20,22,28H,12-13,15-16,21,35-36H2,1-7H3,(H,38,42)/b29-22-. The topological polar surface area (TPSA) is 113 Å². The fourth-order valence-electron chi connectivity index (χ4n) is 5.46. The molecule has 2 aromatic carbocycles. The number of anilines is 2. The molecule has 0 unspecified atom stereocenters. The van der Waals surface area contributed by atoms with Crippen molar-refractivity contribution in [3.05, 3.63) is 88.9 Å². The van der Waals surface area contributed by atoms with Gasteiger partial charge >= 0.3 is 0 Å². The Balaban J connectivity index is 1.62. The predicted octanol–water partition coefficient (Wildman–Crippen LogP) is 5.11. The number of carbonyl (C=O) groups is 1. The second kappa shape index (κ2) is 13.6. The van der Waals surface area contributed by atoms with Gasteiger partial charge in [-0.1, -0.05) is 32.9 Å². The van der Waals surface area contributed by atoms with Crippen LogP contribution in [0.25, 0.3) is 5.70 Å². The minimum absolute atomic E-state index is 0.121. The molecule has 0 radical (unpaired) electrons. The van der Waals surface area contributed by atoms with Crippen LogP contribution in [-0.4, -0.2) is 61.0 Å². The Hall–Kier alpha value is -3.92. The van der Waals surface area contributed by atoms with Gasteiger partial charge in [0.05, 0.1) is 24.2 Å². The smallest absolute Gasteiger partial charge is 0.255 e. The number of rotatable bonds is 9. The van der Waals surface area contributed by atoms with E-state index in [-0.39, 0.29) is 11.3 Å². The van der Waals surface area contributed by atoms with Gasteiger partial charge in [-0.15, -0.1) is 0 Å². The fraction of sp³-hybridized carbons (Fsp3) is 0.412. The third kappa shape index (κ3) is 7.93. The van der Waals surface area contributed by atoms with Crippen LogP contribution in [0, 0.1) is 6.92 Å². The number of pyridine rings is 1. The average Bonchev–Trinajstić information content (AvgIpc) is 2.97. The molecule has 3 aromatic rings. The molecule has 0 saturated carbocycles. The number of nitrogens with zero attached hydrogens (tertiary/aromatic N) is 4. The Morgan fingerprint density at radius 1 is 1.16 bits per heavy atom. The molecule has 1 fully saturated rings. The molecular formula is C34H47N7O2. The van der Waals surface area contributed by atoms with Crippen LogP contribution in [-0.2, 0) is 12.0 Å². The van der Waals surface area contributed by atoms with E-state index in [1.165, 1.54) is 5.01 Å². The second-order valence-electron chi connectivity index (χ2n) is 12.6. The van der Waals surface area contributed by atoms with Crippen LogP contribution >= 0.6 is 0 Å². The van der Waals surface area contributed by atoms with Crippen molar-refractivity contribution < 1.29 is 9.53 Å². The number of likely N-dealkylation sites (tertiary alicyclic amines) is 1. The van der Waals surface area contributed by atoms with E-state index in [2.05, 4.69) is 61.0 Å². The van der Waals surface area contributed by atoms with Gasteiger partial charge in [-0.3, -0.25) is 19.7 Å². The van der Waals surface area contributed by atoms with Gasteiger partial charge in [0.2, 0.25) is 0 Å². The number of carbonyl (C=O) groups excluding carboxylic acids is 1. The van der Waals surface area contributed by atoms with E-state index in [1.807, 2.05) is 31.2 Å². The number of hydrazine groups is 1. The van der Waals surface area contributed by atoms with Crippen molar-refractivity contribution >= 4 is 23.0 Å². The molecule has 43 heavy (non-hydrogen) atoms. The van der Waals surface area contributed by atoms with Gasteiger partial charge < -0.3 is 20.7 Å². The normalized spacial score (nSPS) is 15.0. The molecular weight excluding hydrogens is 538 g/mol. The molecule has 2 heterocycles. The zero-order valence-electron chi connectivity index (χ0n) is 26.6. The molecule has 9 heteroatoms. The number of nitrogens with one attached hydrogen (secondary N) is 1. The number of methoxy groups -OCH3 is 1. The lowest BCUT2D eigenvalue weighted by atomic mass is 9.85. The first-order valence-corrected chi connectivity index (χ1v) is 14.8. The van der Waals surface area contributed by atoms with Crippen LogP contribution in [0.2, 0.25) is 0 Å². The average molecular weight is 586 g/mol. The Kier molecular flexibility index (Phi) is 10.1. The maximum Gasteiger partial charge on any atom is 0.255 e. The first-order chi connectivity index (χ1) is 20.4. The van der Waals surface area contributed by atoms with Crippen LogP contribution in [0.15, 0.2) is 61.1 Å². The number of hydrogen-bond acceptors (Lipinski definition) is 8. The molecule has 1 aromatic heterocycles. The summed E-state index contributed by atoms with van der Waals surface area (Å²) >= 11 is 0. The van der Waals surface area contributed by atoms with E-state index in [9.17, 15) is 4.79 Å². The predicted molar refractivity (Wildman–Crippen MR) is 176 cm³/mol.